The fraction of sp³-hybridized carbons (Fsp3) is 0.348. The van der Waals surface area contributed by atoms with Crippen LogP contribution in [0.2, 0.25) is 0 Å². The lowest BCUT2D eigenvalue weighted by Crippen LogP contribution is -2.42. The van der Waals surface area contributed by atoms with Crippen LogP contribution in [0, 0.1) is 5.92 Å². The number of phenols is 1. The summed E-state index contributed by atoms with van der Waals surface area (Å²) >= 11 is 0. The summed E-state index contributed by atoms with van der Waals surface area (Å²) in [5, 5.41) is 21.9. The number of hydrogen-bond acceptors (Lipinski definition) is 6. The number of carbonyl (C=O) groups is 1. The minimum absolute atomic E-state index is 0.151. The van der Waals surface area contributed by atoms with Crippen molar-refractivity contribution in [2.75, 3.05) is 0 Å². The monoisotopic (exact) mass is 406 g/mol. The van der Waals surface area contributed by atoms with Gasteiger partial charge in [0.05, 0.1) is 29.0 Å². The third-order valence-corrected chi connectivity index (χ3v) is 6.02. The molecule has 0 saturated carbocycles. The molecule has 0 saturated heterocycles. The zero-order valence-electron chi connectivity index (χ0n) is 17.0. The molecule has 0 spiro atoms. The number of carbonyl (C=O) groups excluding carboxylic acids is 1. The quantitative estimate of drug-likeness (QED) is 0.496. The van der Waals surface area contributed by atoms with E-state index in [2.05, 4.69) is 13.8 Å². The van der Waals surface area contributed by atoms with Gasteiger partial charge in [0, 0.05) is 22.1 Å². The Labute approximate surface area is 172 Å². The van der Waals surface area contributed by atoms with Gasteiger partial charge in [0.15, 0.2) is 5.60 Å². The smallest absolute Gasteiger partial charge is 0.342 e. The van der Waals surface area contributed by atoms with Crippen LogP contribution in [0.15, 0.2) is 29.1 Å². The average molecular weight is 406 g/mol. The van der Waals surface area contributed by atoms with Gasteiger partial charge in [-0.15, -0.1) is 0 Å². The zero-order chi connectivity index (χ0) is 21.4. The Balaban J connectivity index is 1.75. The molecule has 0 radical (unpaired) electrons. The molecule has 0 amide bonds. The predicted octanol–water partition coefficient (Wildman–Crippen LogP) is 2.59. The van der Waals surface area contributed by atoms with Crippen LogP contribution >= 0.6 is 0 Å². The highest BCUT2D eigenvalue weighted by Crippen LogP contribution is 2.38. The highest BCUT2D eigenvalue weighted by molar-refractivity contribution is 5.89. The molecule has 1 atom stereocenters. The SMILES string of the molecule is CC(C)Cc1c(O)ccc2nc3c(cc12)Cn1c-3cc2c(c1=O)COC(=O)C2(C)O. The lowest BCUT2D eigenvalue weighted by molar-refractivity contribution is -0.169. The predicted molar refractivity (Wildman–Crippen MR) is 110 cm³/mol. The Morgan fingerprint density at radius 1 is 1.27 bits per heavy atom. The Hall–Kier alpha value is -3.19. The molecule has 154 valence electrons. The van der Waals surface area contributed by atoms with Crippen LogP contribution < -0.4 is 5.56 Å². The summed E-state index contributed by atoms with van der Waals surface area (Å²) in [7, 11) is 0. The third-order valence-electron chi connectivity index (χ3n) is 6.02. The second-order valence-electron chi connectivity index (χ2n) is 8.69. The van der Waals surface area contributed by atoms with Gasteiger partial charge in [-0.25, -0.2) is 9.78 Å². The van der Waals surface area contributed by atoms with E-state index in [1.807, 2.05) is 6.07 Å². The molecule has 0 aliphatic carbocycles. The number of aromatic nitrogens is 2. The molecule has 7 heteroatoms. The molecule has 7 nitrogen and oxygen atoms in total. The van der Waals surface area contributed by atoms with E-state index in [0.29, 0.717) is 35.8 Å². The molecule has 2 aliphatic heterocycles. The maximum atomic E-state index is 13.1. The minimum Gasteiger partial charge on any atom is -0.508 e. The van der Waals surface area contributed by atoms with Crippen LogP contribution in [0.3, 0.4) is 0 Å². The molecular weight excluding hydrogens is 384 g/mol. The molecule has 0 fully saturated rings. The third kappa shape index (κ3) is 2.51. The topological polar surface area (TPSA) is 102 Å². The van der Waals surface area contributed by atoms with E-state index >= 15 is 0 Å². The van der Waals surface area contributed by atoms with Gasteiger partial charge in [0.1, 0.15) is 12.4 Å². The van der Waals surface area contributed by atoms with Crippen LogP contribution in [-0.2, 0) is 34.7 Å². The van der Waals surface area contributed by atoms with E-state index in [9.17, 15) is 19.8 Å². The van der Waals surface area contributed by atoms with Crippen LogP contribution in [-0.4, -0.2) is 25.7 Å². The number of hydrogen-bond donors (Lipinski definition) is 2. The molecule has 2 aliphatic rings. The van der Waals surface area contributed by atoms with E-state index in [0.717, 1.165) is 22.0 Å². The molecule has 1 unspecified atom stereocenters. The molecule has 0 bridgehead atoms. The van der Waals surface area contributed by atoms with Crippen molar-refractivity contribution in [1.82, 2.24) is 9.55 Å². The molecular formula is C23H22N2O5. The summed E-state index contributed by atoms with van der Waals surface area (Å²) in [6.07, 6.45) is 0.715. The van der Waals surface area contributed by atoms with Crippen LogP contribution in [0.1, 0.15) is 43.0 Å². The fourth-order valence-electron chi connectivity index (χ4n) is 4.47. The lowest BCUT2D eigenvalue weighted by Gasteiger charge is -2.29. The number of pyridine rings is 2. The van der Waals surface area contributed by atoms with Crippen molar-refractivity contribution < 1.29 is 19.7 Å². The molecule has 30 heavy (non-hydrogen) atoms. The second kappa shape index (κ2) is 6.15. The van der Waals surface area contributed by atoms with E-state index in [1.54, 1.807) is 22.8 Å². The summed E-state index contributed by atoms with van der Waals surface area (Å²) in [5.74, 6) is -0.160. The van der Waals surface area contributed by atoms with Crippen molar-refractivity contribution in [3.8, 4) is 17.1 Å². The van der Waals surface area contributed by atoms with Crippen molar-refractivity contribution in [3.63, 3.8) is 0 Å². The highest BCUT2D eigenvalue weighted by Gasteiger charge is 2.42. The molecule has 2 N–H and O–H groups in total. The fourth-order valence-corrected chi connectivity index (χ4v) is 4.47. The first-order chi connectivity index (χ1) is 14.2. The van der Waals surface area contributed by atoms with E-state index in [4.69, 9.17) is 9.72 Å². The molecule has 4 heterocycles. The van der Waals surface area contributed by atoms with E-state index < -0.39 is 11.6 Å². The number of nitrogens with zero attached hydrogens (tertiary/aromatic N) is 2. The van der Waals surface area contributed by atoms with Crippen molar-refractivity contribution in [3.05, 3.63) is 56.9 Å². The van der Waals surface area contributed by atoms with E-state index in [1.165, 1.54) is 6.92 Å². The number of phenolic OH excluding ortho intramolecular Hbond substituents is 1. The van der Waals surface area contributed by atoms with Gasteiger partial charge in [0.25, 0.3) is 5.56 Å². The van der Waals surface area contributed by atoms with Gasteiger partial charge >= 0.3 is 5.97 Å². The largest absolute Gasteiger partial charge is 0.508 e. The maximum Gasteiger partial charge on any atom is 0.342 e. The number of aromatic hydroxyl groups is 1. The number of rotatable bonds is 2. The molecule has 5 rings (SSSR count). The summed E-state index contributed by atoms with van der Waals surface area (Å²) in [6.45, 7) is 5.71. The number of aliphatic hydroxyl groups is 1. The van der Waals surface area contributed by atoms with Crippen molar-refractivity contribution in [2.24, 2.45) is 5.92 Å². The van der Waals surface area contributed by atoms with Gasteiger partial charge in [-0.1, -0.05) is 13.8 Å². The highest BCUT2D eigenvalue weighted by atomic mass is 16.6. The summed E-state index contributed by atoms with van der Waals surface area (Å²) in [5.41, 5.74) is 2.07. The van der Waals surface area contributed by atoms with Gasteiger partial charge in [0.2, 0.25) is 0 Å². The Morgan fingerprint density at radius 2 is 2.03 bits per heavy atom. The van der Waals surface area contributed by atoms with E-state index in [-0.39, 0.29) is 23.5 Å². The van der Waals surface area contributed by atoms with Gasteiger partial charge in [-0.2, -0.15) is 0 Å². The van der Waals surface area contributed by atoms with Gasteiger partial charge in [-0.05, 0) is 43.5 Å². The number of ether oxygens (including phenoxy) is 1. The average Bonchev–Trinajstić information content (AvgIpc) is 3.04. The van der Waals surface area contributed by atoms with Gasteiger partial charge < -0.3 is 19.5 Å². The molecule has 2 aromatic heterocycles. The first-order valence-corrected chi connectivity index (χ1v) is 10.00. The molecule has 3 aromatic rings. The summed E-state index contributed by atoms with van der Waals surface area (Å²) < 4.78 is 6.62. The standard InChI is InChI=1S/C23H22N2O5/c1-11(2)6-14-13-7-12-9-25-18(20(12)24-17(13)4-5-19(14)26)8-16-15(21(25)27)10-30-22(28)23(16,3)29/h4-5,7-8,11,26,29H,6,9-10H2,1-3H3. The van der Waals surface area contributed by atoms with Crippen LogP contribution in [0.4, 0.5) is 0 Å². The molecule has 1 aromatic carbocycles. The first-order valence-electron chi connectivity index (χ1n) is 10.00. The van der Waals surface area contributed by atoms with Crippen LogP contribution in [0.5, 0.6) is 5.75 Å². The Morgan fingerprint density at radius 3 is 2.77 bits per heavy atom. The summed E-state index contributed by atoms with van der Waals surface area (Å²) in [6, 6.07) is 7.08. The van der Waals surface area contributed by atoms with Crippen molar-refractivity contribution >= 4 is 16.9 Å². The van der Waals surface area contributed by atoms with Crippen molar-refractivity contribution in [1.29, 1.82) is 0 Å². The second-order valence-corrected chi connectivity index (χ2v) is 8.69. The minimum atomic E-state index is -1.88. The lowest BCUT2D eigenvalue weighted by atomic mass is 9.90. The number of esters is 1. The number of fused-ring (bicyclic) bond motifs is 5. The normalized spacial score (nSPS) is 19.6. The number of cyclic esters (lactones) is 1. The summed E-state index contributed by atoms with van der Waals surface area (Å²) in [4.78, 5) is 30.0. The Kier molecular flexibility index (Phi) is 3.86. The van der Waals surface area contributed by atoms with Crippen molar-refractivity contribution in [2.45, 2.75) is 45.9 Å². The first kappa shape index (κ1) is 18.8. The number of benzene rings is 1. The van der Waals surface area contributed by atoms with Crippen LogP contribution in [0.25, 0.3) is 22.3 Å². The Bertz CT molecular complexity index is 1300. The maximum absolute atomic E-state index is 13.1. The zero-order valence-corrected chi connectivity index (χ0v) is 17.0. The van der Waals surface area contributed by atoms with Gasteiger partial charge in [-0.3, -0.25) is 4.79 Å².